The van der Waals surface area contributed by atoms with Crippen LogP contribution >= 0.6 is 0 Å². The number of anilines is 2. The van der Waals surface area contributed by atoms with Crippen molar-refractivity contribution in [3.05, 3.63) is 0 Å². The summed E-state index contributed by atoms with van der Waals surface area (Å²) < 4.78 is 41.4. The predicted molar refractivity (Wildman–Crippen MR) is 63.9 cm³/mol. The van der Waals surface area contributed by atoms with Crippen molar-refractivity contribution in [1.29, 1.82) is 0 Å². The van der Waals surface area contributed by atoms with Gasteiger partial charge in [0.1, 0.15) is 0 Å². The Morgan fingerprint density at radius 3 is 2.81 bits per heavy atom. The fourth-order valence-electron chi connectivity index (χ4n) is 0.947. The summed E-state index contributed by atoms with van der Waals surface area (Å²) in [5.41, 5.74) is 0. The summed E-state index contributed by atoms with van der Waals surface area (Å²) in [5.74, 6) is -0.0335. The molecule has 0 aliphatic heterocycles. The molecule has 2 N–H and O–H groups in total. The first-order valence-electron chi connectivity index (χ1n) is 7.44. The zero-order valence-electron chi connectivity index (χ0n) is 14.5. The van der Waals surface area contributed by atoms with Gasteiger partial charge in [0.25, 0.3) is 0 Å². The van der Waals surface area contributed by atoms with Crippen LogP contribution in [0.1, 0.15) is 34.0 Å². The SMILES string of the molecule is [2H]C([2H])([2H])C([2H])([2H])Nc1nc(NC(C)CC)nc(OC)n1. The topological polar surface area (TPSA) is 72.0 Å². The van der Waals surface area contributed by atoms with E-state index in [-0.39, 0.29) is 23.9 Å². The molecule has 1 rings (SSSR count). The summed E-state index contributed by atoms with van der Waals surface area (Å²) in [4.78, 5) is 11.7. The third-order valence-electron chi connectivity index (χ3n) is 1.96. The van der Waals surface area contributed by atoms with Gasteiger partial charge < -0.3 is 15.4 Å². The molecule has 0 saturated heterocycles. The minimum Gasteiger partial charge on any atom is -0.467 e. The van der Waals surface area contributed by atoms with E-state index >= 15 is 0 Å². The molecule has 1 aromatic rings. The van der Waals surface area contributed by atoms with E-state index < -0.39 is 13.3 Å². The first kappa shape index (κ1) is 6.88. The van der Waals surface area contributed by atoms with E-state index in [1.807, 2.05) is 13.8 Å². The quantitative estimate of drug-likeness (QED) is 0.772. The van der Waals surface area contributed by atoms with Crippen molar-refractivity contribution in [1.82, 2.24) is 15.0 Å². The standard InChI is InChI=1S/C10H19N5O/c1-5-7(3)12-9-13-8(11-6-2)14-10(15-9)16-4/h7H,5-6H2,1-4H3,(H2,11,12,13,14,15)/i2D3,6D2. The Morgan fingerprint density at radius 2 is 2.19 bits per heavy atom. The van der Waals surface area contributed by atoms with Gasteiger partial charge in [0.05, 0.1) is 7.11 Å². The molecule has 6 heteroatoms. The van der Waals surface area contributed by atoms with E-state index in [1.165, 1.54) is 7.11 Å². The Balaban J connectivity index is 3.04. The molecule has 0 aromatic carbocycles. The summed E-state index contributed by atoms with van der Waals surface area (Å²) >= 11 is 0. The molecule has 0 aliphatic rings. The lowest BCUT2D eigenvalue weighted by Gasteiger charge is -2.12. The van der Waals surface area contributed by atoms with Crippen molar-refractivity contribution in [2.45, 2.75) is 33.2 Å². The average molecular weight is 230 g/mol. The summed E-state index contributed by atoms with van der Waals surface area (Å²) in [7, 11) is 1.35. The van der Waals surface area contributed by atoms with Crippen LogP contribution in [0, 0.1) is 0 Å². The van der Waals surface area contributed by atoms with E-state index in [4.69, 9.17) is 11.6 Å². The Bertz CT molecular complexity index is 481. The number of nitrogens with one attached hydrogen (secondary N) is 2. The predicted octanol–water partition coefficient (Wildman–Crippen LogP) is 1.52. The maximum absolute atomic E-state index is 7.52. The second-order valence-corrected chi connectivity index (χ2v) is 3.17. The molecule has 0 amide bonds. The molecule has 0 bridgehead atoms. The van der Waals surface area contributed by atoms with Gasteiger partial charge in [-0.1, -0.05) is 6.92 Å². The van der Waals surface area contributed by atoms with Crippen LogP contribution in [0.15, 0.2) is 0 Å². The van der Waals surface area contributed by atoms with Gasteiger partial charge in [0.2, 0.25) is 11.9 Å². The second kappa shape index (κ2) is 6.09. The summed E-state index contributed by atoms with van der Waals surface area (Å²) in [6.07, 6.45) is 0.826. The van der Waals surface area contributed by atoms with Crippen molar-refractivity contribution in [3.63, 3.8) is 0 Å². The highest BCUT2D eigenvalue weighted by atomic mass is 16.5. The van der Waals surface area contributed by atoms with Gasteiger partial charge in [-0.15, -0.1) is 0 Å². The minimum atomic E-state index is -2.86. The Morgan fingerprint density at radius 1 is 1.44 bits per heavy atom. The molecule has 0 saturated carbocycles. The van der Waals surface area contributed by atoms with E-state index in [1.54, 1.807) is 0 Å². The van der Waals surface area contributed by atoms with Crippen LogP contribution < -0.4 is 15.4 Å². The van der Waals surface area contributed by atoms with Gasteiger partial charge in [-0.2, -0.15) is 15.0 Å². The molecule has 90 valence electrons. The van der Waals surface area contributed by atoms with Crippen LogP contribution in [0.2, 0.25) is 0 Å². The van der Waals surface area contributed by atoms with Gasteiger partial charge in [-0.3, -0.25) is 0 Å². The van der Waals surface area contributed by atoms with Crippen LogP contribution in [-0.4, -0.2) is 34.6 Å². The fourth-order valence-corrected chi connectivity index (χ4v) is 0.947. The van der Waals surface area contributed by atoms with Gasteiger partial charge in [0, 0.05) is 19.4 Å². The lowest BCUT2D eigenvalue weighted by molar-refractivity contribution is 0.379. The van der Waals surface area contributed by atoms with Crippen molar-refractivity contribution in [2.75, 3.05) is 24.2 Å². The Hall–Kier alpha value is -1.59. The summed E-state index contributed by atoms with van der Waals surface area (Å²) in [5, 5.41) is 5.14. The minimum absolute atomic E-state index is 0.0420. The maximum atomic E-state index is 7.52. The molecule has 1 aromatic heterocycles. The molecule has 1 heterocycles. The van der Waals surface area contributed by atoms with Crippen molar-refractivity contribution in [2.24, 2.45) is 0 Å². The van der Waals surface area contributed by atoms with Crippen LogP contribution in [0.3, 0.4) is 0 Å². The highest BCUT2D eigenvalue weighted by Gasteiger charge is 2.07. The second-order valence-electron chi connectivity index (χ2n) is 3.17. The molecular weight excluding hydrogens is 206 g/mol. The van der Waals surface area contributed by atoms with Gasteiger partial charge in [-0.25, -0.2) is 0 Å². The molecule has 1 atom stereocenters. The molecule has 1 unspecified atom stereocenters. The Labute approximate surface area is 103 Å². The van der Waals surface area contributed by atoms with E-state index in [0.717, 1.165) is 6.42 Å². The molecule has 0 radical (unpaired) electrons. The molecular formula is C10H19N5O. The lowest BCUT2D eigenvalue weighted by Crippen LogP contribution is -2.17. The number of rotatable bonds is 6. The largest absolute Gasteiger partial charge is 0.467 e. The van der Waals surface area contributed by atoms with E-state index in [0.29, 0.717) is 0 Å². The zero-order chi connectivity index (χ0) is 16.3. The fraction of sp³-hybridized carbons (Fsp3) is 0.700. The highest BCUT2D eigenvalue weighted by Crippen LogP contribution is 2.11. The van der Waals surface area contributed by atoms with Crippen LogP contribution in [0.5, 0.6) is 6.01 Å². The number of hydrogen-bond donors (Lipinski definition) is 2. The zero-order valence-corrected chi connectivity index (χ0v) is 9.53. The van der Waals surface area contributed by atoms with Gasteiger partial charge >= 0.3 is 6.01 Å². The first-order chi connectivity index (χ1) is 9.59. The molecule has 0 fully saturated rings. The van der Waals surface area contributed by atoms with Crippen molar-refractivity contribution in [3.8, 4) is 6.01 Å². The molecule has 0 aliphatic carbocycles. The molecule has 0 spiro atoms. The van der Waals surface area contributed by atoms with Crippen LogP contribution in [0.4, 0.5) is 11.9 Å². The number of nitrogens with zero attached hydrogens (tertiary/aromatic N) is 3. The van der Waals surface area contributed by atoms with Crippen LogP contribution in [0.25, 0.3) is 0 Å². The first-order valence-corrected chi connectivity index (χ1v) is 4.94. The van der Waals surface area contributed by atoms with E-state index in [2.05, 4.69) is 25.6 Å². The third kappa shape index (κ3) is 3.52. The Kier molecular flexibility index (Phi) is 2.62. The van der Waals surface area contributed by atoms with Crippen molar-refractivity contribution < 1.29 is 11.6 Å². The number of hydrogen-bond acceptors (Lipinski definition) is 6. The smallest absolute Gasteiger partial charge is 0.322 e. The van der Waals surface area contributed by atoms with Gasteiger partial charge in [0.15, 0.2) is 0 Å². The monoisotopic (exact) mass is 230 g/mol. The summed E-state index contributed by atoms with van der Waals surface area (Å²) in [6, 6.07) is 0.0453. The average Bonchev–Trinajstić information content (AvgIpc) is 2.36. The number of methoxy groups -OCH3 is 1. The normalized spacial score (nSPS) is 18.3. The highest BCUT2D eigenvalue weighted by molar-refractivity contribution is 5.36. The number of aromatic nitrogens is 3. The maximum Gasteiger partial charge on any atom is 0.322 e. The van der Waals surface area contributed by atoms with Crippen LogP contribution in [-0.2, 0) is 0 Å². The van der Waals surface area contributed by atoms with E-state index in [9.17, 15) is 0 Å². The molecule has 16 heavy (non-hydrogen) atoms. The third-order valence-corrected chi connectivity index (χ3v) is 1.96. The lowest BCUT2D eigenvalue weighted by atomic mass is 10.3. The summed E-state index contributed by atoms with van der Waals surface area (Å²) in [6.45, 7) is -1.64. The molecule has 6 nitrogen and oxygen atoms in total. The van der Waals surface area contributed by atoms with Crippen molar-refractivity contribution >= 4 is 11.9 Å². The number of ether oxygens (including phenoxy) is 1. The van der Waals surface area contributed by atoms with Gasteiger partial charge in [-0.05, 0) is 20.2 Å².